The second-order valence-electron chi connectivity index (χ2n) is 6.00. The normalized spacial score (nSPS) is 17.3. The molecule has 3 rings (SSSR count). The van der Waals surface area contributed by atoms with Gasteiger partial charge in [-0.25, -0.2) is 4.39 Å². The van der Waals surface area contributed by atoms with Gasteiger partial charge in [0.15, 0.2) is 5.78 Å². The van der Waals surface area contributed by atoms with Crippen molar-refractivity contribution in [2.24, 2.45) is 0 Å². The van der Waals surface area contributed by atoms with Crippen LogP contribution in [0.25, 0.3) is 0 Å². The number of methoxy groups -OCH3 is 1. The molecule has 0 amide bonds. The minimum Gasteiger partial charge on any atom is -0.497 e. The van der Waals surface area contributed by atoms with Crippen molar-refractivity contribution in [2.75, 3.05) is 7.11 Å². The Morgan fingerprint density at radius 3 is 2.71 bits per heavy atom. The van der Waals surface area contributed by atoms with Gasteiger partial charge in [0.1, 0.15) is 11.6 Å². The lowest BCUT2D eigenvalue weighted by Crippen LogP contribution is -2.22. The smallest absolute Gasteiger partial charge is 0.158 e. The zero-order chi connectivity index (χ0) is 16.9. The van der Waals surface area contributed by atoms with Gasteiger partial charge in [-0.2, -0.15) is 0 Å². The quantitative estimate of drug-likeness (QED) is 0.904. The maximum Gasteiger partial charge on any atom is 0.158 e. The molecule has 0 aromatic heterocycles. The second kappa shape index (κ2) is 7.30. The summed E-state index contributed by atoms with van der Waals surface area (Å²) >= 11 is 0. The van der Waals surface area contributed by atoms with Crippen LogP contribution in [0.5, 0.6) is 5.75 Å². The molecule has 1 aliphatic rings. The first-order valence-corrected chi connectivity index (χ1v) is 7.99. The molecule has 1 atom stereocenters. The molecule has 0 radical (unpaired) electrons. The molecule has 0 saturated carbocycles. The highest BCUT2D eigenvalue weighted by Crippen LogP contribution is 2.32. The van der Waals surface area contributed by atoms with E-state index in [1.807, 2.05) is 24.3 Å². The lowest BCUT2D eigenvalue weighted by molar-refractivity contribution is -0.115. The van der Waals surface area contributed by atoms with E-state index in [0.29, 0.717) is 13.0 Å². The minimum atomic E-state index is -0.246. The number of hydrogen-bond acceptors (Lipinski definition) is 3. The van der Waals surface area contributed by atoms with Crippen LogP contribution in [-0.4, -0.2) is 12.9 Å². The van der Waals surface area contributed by atoms with Gasteiger partial charge in [-0.15, -0.1) is 0 Å². The van der Waals surface area contributed by atoms with E-state index in [1.54, 1.807) is 25.3 Å². The molecule has 3 nitrogen and oxygen atoms in total. The van der Waals surface area contributed by atoms with E-state index in [2.05, 4.69) is 5.32 Å². The number of carbonyl (C=O) groups is 1. The summed E-state index contributed by atoms with van der Waals surface area (Å²) in [5.74, 6) is 0.822. The van der Waals surface area contributed by atoms with Crippen LogP contribution in [0.2, 0.25) is 0 Å². The molecule has 4 heteroatoms. The fourth-order valence-electron chi connectivity index (χ4n) is 2.96. The molecule has 0 fully saturated rings. The summed E-state index contributed by atoms with van der Waals surface area (Å²) in [7, 11) is 1.64. The number of hydrogen-bond donors (Lipinski definition) is 1. The monoisotopic (exact) mass is 325 g/mol. The molecule has 2 aromatic carbocycles. The maximum atomic E-state index is 12.9. The van der Waals surface area contributed by atoms with Gasteiger partial charge >= 0.3 is 0 Å². The topological polar surface area (TPSA) is 38.3 Å². The molecule has 24 heavy (non-hydrogen) atoms. The zero-order valence-corrected chi connectivity index (χ0v) is 13.6. The molecule has 124 valence electrons. The molecule has 1 N–H and O–H groups in total. The van der Waals surface area contributed by atoms with E-state index in [0.717, 1.165) is 29.0 Å². The van der Waals surface area contributed by atoms with Crippen LogP contribution in [-0.2, 0) is 11.3 Å². The highest BCUT2D eigenvalue weighted by molar-refractivity contribution is 5.92. The molecule has 1 aliphatic carbocycles. The summed E-state index contributed by atoms with van der Waals surface area (Å²) in [6.45, 7) is 0.574. The van der Waals surface area contributed by atoms with E-state index in [4.69, 9.17) is 4.74 Å². The van der Waals surface area contributed by atoms with Crippen LogP contribution in [0, 0.1) is 5.82 Å². The van der Waals surface area contributed by atoms with Gasteiger partial charge in [0.25, 0.3) is 0 Å². The second-order valence-corrected chi connectivity index (χ2v) is 6.00. The van der Waals surface area contributed by atoms with Gasteiger partial charge in [0.05, 0.1) is 7.11 Å². The van der Waals surface area contributed by atoms with Gasteiger partial charge in [-0.05, 0) is 47.7 Å². The molecule has 0 aliphatic heterocycles. The van der Waals surface area contributed by atoms with Crippen molar-refractivity contribution in [1.82, 2.24) is 5.32 Å². The van der Waals surface area contributed by atoms with Crippen molar-refractivity contribution in [3.05, 3.63) is 77.2 Å². The summed E-state index contributed by atoms with van der Waals surface area (Å²) in [6, 6.07) is 14.2. The average molecular weight is 325 g/mol. The molecular weight excluding hydrogens is 305 g/mol. The van der Waals surface area contributed by atoms with Crippen LogP contribution in [0.4, 0.5) is 4.39 Å². The van der Waals surface area contributed by atoms with Crippen molar-refractivity contribution >= 4 is 5.78 Å². The third-order valence-electron chi connectivity index (χ3n) is 4.25. The summed E-state index contributed by atoms with van der Waals surface area (Å²) in [4.78, 5) is 12.1. The number of allylic oxidation sites excluding steroid dienone is 2. The first-order valence-electron chi connectivity index (χ1n) is 7.99. The summed E-state index contributed by atoms with van der Waals surface area (Å²) in [5, 5.41) is 3.30. The number of halogens is 1. The molecular formula is C20H20FNO2. The summed E-state index contributed by atoms with van der Waals surface area (Å²) < 4.78 is 18.2. The maximum absolute atomic E-state index is 12.9. The van der Waals surface area contributed by atoms with E-state index in [1.165, 1.54) is 12.1 Å². The fraction of sp³-hybridized carbons (Fsp3) is 0.250. The molecule has 0 saturated heterocycles. The van der Waals surface area contributed by atoms with E-state index in [-0.39, 0.29) is 17.5 Å². The SMILES string of the molecule is COc1cccc(C2CC(=O)C=C(NCc3ccc(F)cc3)C2)c1. The highest BCUT2D eigenvalue weighted by atomic mass is 19.1. The molecule has 1 unspecified atom stereocenters. The number of rotatable bonds is 5. The Bertz CT molecular complexity index is 752. The molecule has 0 heterocycles. The van der Waals surface area contributed by atoms with Crippen LogP contribution < -0.4 is 10.1 Å². The van der Waals surface area contributed by atoms with Crippen LogP contribution >= 0.6 is 0 Å². The van der Waals surface area contributed by atoms with Gasteiger partial charge in [0.2, 0.25) is 0 Å². The predicted molar refractivity (Wildman–Crippen MR) is 91.3 cm³/mol. The van der Waals surface area contributed by atoms with Crippen LogP contribution in [0.15, 0.2) is 60.3 Å². The number of nitrogens with one attached hydrogen (secondary N) is 1. The largest absolute Gasteiger partial charge is 0.497 e. The zero-order valence-electron chi connectivity index (χ0n) is 13.6. The standard InChI is InChI=1S/C20H20FNO2/c1-24-20-4-2-3-15(11-20)16-9-18(12-19(23)10-16)22-13-14-5-7-17(21)8-6-14/h2-8,11-12,16,22H,9-10,13H2,1H3. The Kier molecular flexibility index (Phi) is 4.94. The summed E-state index contributed by atoms with van der Waals surface area (Å²) in [5.41, 5.74) is 3.01. The number of ketones is 1. The van der Waals surface area contributed by atoms with Gasteiger partial charge in [-0.3, -0.25) is 4.79 Å². The lowest BCUT2D eigenvalue weighted by Gasteiger charge is -2.23. The Morgan fingerprint density at radius 1 is 1.17 bits per heavy atom. The van der Waals surface area contributed by atoms with Crippen molar-refractivity contribution < 1.29 is 13.9 Å². The molecule has 0 spiro atoms. The van der Waals surface area contributed by atoms with Crippen molar-refractivity contribution in [1.29, 1.82) is 0 Å². The van der Waals surface area contributed by atoms with E-state index in [9.17, 15) is 9.18 Å². The highest BCUT2D eigenvalue weighted by Gasteiger charge is 2.22. The number of ether oxygens (including phenoxy) is 1. The van der Waals surface area contributed by atoms with Crippen LogP contribution in [0.3, 0.4) is 0 Å². The third-order valence-corrected chi connectivity index (χ3v) is 4.25. The van der Waals surface area contributed by atoms with Gasteiger partial charge in [0, 0.05) is 24.7 Å². The number of carbonyl (C=O) groups excluding carboxylic acids is 1. The van der Waals surface area contributed by atoms with E-state index >= 15 is 0 Å². The number of benzene rings is 2. The minimum absolute atomic E-state index is 0.121. The Balaban J connectivity index is 1.68. The van der Waals surface area contributed by atoms with Gasteiger partial charge < -0.3 is 10.1 Å². The third kappa shape index (κ3) is 4.02. The Hall–Kier alpha value is -2.62. The lowest BCUT2D eigenvalue weighted by atomic mass is 9.85. The van der Waals surface area contributed by atoms with E-state index < -0.39 is 0 Å². The van der Waals surface area contributed by atoms with Gasteiger partial charge in [-0.1, -0.05) is 24.3 Å². The van der Waals surface area contributed by atoms with Crippen molar-refractivity contribution in [3.8, 4) is 5.75 Å². The average Bonchev–Trinajstić information content (AvgIpc) is 2.61. The Labute approximate surface area is 141 Å². The first kappa shape index (κ1) is 16.2. The first-order chi connectivity index (χ1) is 11.6. The fourth-order valence-corrected chi connectivity index (χ4v) is 2.96. The summed E-state index contributed by atoms with van der Waals surface area (Å²) in [6.07, 6.45) is 2.97. The Morgan fingerprint density at radius 2 is 1.96 bits per heavy atom. The van der Waals surface area contributed by atoms with Crippen molar-refractivity contribution in [2.45, 2.75) is 25.3 Å². The molecule has 0 bridgehead atoms. The molecule has 2 aromatic rings. The predicted octanol–water partition coefficient (Wildman–Crippen LogP) is 3.95. The van der Waals surface area contributed by atoms with Crippen molar-refractivity contribution in [3.63, 3.8) is 0 Å². The van der Waals surface area contributed by atoms with Crippen LogP contribution in [0.1, 0.15) is 29.9 Å².